The summed E-state index contributed by atoms with van der Waals surface area (Å²) in [4.78, 5) is 25.6. The number of rotatable bonds is 7. The molecule has 1 aromatic heterocycles. The van der Waals surface area contributed by atoms with Crippen molar-refractivity contribution >= 4 is 11.9 Å². The summed E-state index contributed by atoms with van der Waals surface area (Å²) in [7, 11) is 1.61. The summed E-state index contributed by atoms with van der Waals surface area (Å²) >= 11 is 0. The maximum atomic E-state index is 13.0. The highest BCUT2D eigenvalue weighted by molar-refractivity contribution is 5.97. The van der Waals surface area contributed by atoms with E-state index in [1.807, 2.05) is 25.5 Å². The largest absolute Gasteiger partial charge is 0.496 e. The molecular weight excluding hydrogens is 434 g/mol. The van der Waals surface area contributed by atoms with Gasteiger partial charge in [0.1, 0.15) is 5.75 Å². The number of carbonyl (C=O) groups excluding carboxylic acids is 2. The van der Waals surface area contributed by atoms with Gasteiger partial charge in [0.05, 0.1) is 36.2 Å². The summed E-state index contributed by atoms with van der Waals surface area (Å²) < 4.78 is 18.4. The van der Waals surface area contributed by atoms with Crippen molar-refractivity contribution < 1.29 is 23.8 Å². The number of methoxy groups -OCH3 is 1. The van der Waals surface area contributed by atoms with Crippen LogP contribution >= 0.6 is 0 Å². The fraction of sp³-hybridized carbons (Fsp3) is 0.577. The number of hydrogen-bond acceptors (Lipinski definition) is 6. The highest BCUT2D eigenvalue weighted by atomic mass is 16.5. The Bertz CT molecular complexity index is 1050. The first-order valence-electron chi connectivity index (χ1n) is 12.1. The van der Waals surface area contributed by atoms with E-state index in [0.717, 1.165) is 60.7 Å². The summed E-state index contributed by atoms with van der Waals surface area (Å²) in [6.45, 7) is 8.91. The summed E-state index contributed by atoms with van der Waals surface area (Å²) in [5, 5.41) is 7.95. The van der Waals surface area contributed by atoms with Gasteiger partial charge in [0.15, 0.2) is 0 Å². The maximum Gasteiger partial charge on any atom is 0.338 e. The Labute approximate surface area is 201 Å². The molecule has 3 heterocycles. The molecule has 2 aliphatic heterocycles. The lowest BCUT2D eigenvalue weighted by atomic mass is 9.76. The first-order valence-corrected chi connectivity index (χ1v) is 12.1. The Morgan fingerprint density at radius 2 is 2.09 bits per heavy atom. The van der Waals surface area contributed by atoms with Crippen LogP contribution in [0, 0.1) is 18.3 Å². The zero-order valence-electron chi connectivity index (χ0n) is 20.6. The molecule has 2 aromatic rings. The second-order valence-electron chi connectivity index (χ2n) is 9.66. The predicted molar refractivity (Wildman–Crippen MR) is 127 cm³/mol. The van der Waals surface area contributed by atoms with Crippen LogP contribution in [-0.2, 0) is 28.9 Å². The Hall–Kier alpha value is -2.87. The Morgan fingerprint density at radius 3 is 2.76 bits per heavy atom. The molecule has 1 unspecified atom stereocenters. The van der Waals surface area contributed by atoms with Crippen LogP contribution in [0.5, 0.6) is 5.75 Å². The molecule has 34 heavy (non-hydrogen) atoms. The number of hydrogen-bond donors (Lipinski definition) is 1. The number of amides is 1. The van der Waals surface area contributed by atoms with Gasteiger partial charge in [-0.3, -0.25) is 9.48 Å². The van der Waals surface area contributed by atoms with E-state index in [1.165, 1.54) is 0 Å². The molecule has 1 amide bonds. The van der Waals surface area contributed by atoms with Crippen molar-refractivity contribution in [3.63, 3.8) is 0 Å². The first-order chi connectivity index (χ1) is 16.4. The molecular formula is C26H35N3O5. The molecule has 0 radical (unpaired) electrons. The molecule has 1 aromatic carbocycles. The minimum atomic E-state index is -0.355. The summed E-state index contributed by atoms with van der Waals surface area (Å²) in [5.74, 6) is 0.387. The SMILES string of the molecule is CCc1nn(CC(C)COC(=O)c2ccc(OC)c(C)c2)c2c1C(=O)NCC1(CCOCC1)C2. The van der Waals surface area contributed by atoms with Crippen molar-refractivity contribution in [2.75, 3.05) is 33.5 Å². The molecule has 1 fully saturated rings. The van der Waals surface area contributed by atoms with E-state index in [1.54, 1.807) is 25.3 Å². The van der Waals surface area contributed by atoms with Crippen molar-refractivity contribution in [1.29, 1.82) is 0 Å². The van der Waals surface area contributed by atoms with Crippen molar-refractivity contribution in [1.82, 2.24) is 15.1 Å². The second kappa shape index (κ2) is 10.2. The van der Waals surface area contributed by atoms with Crippen molar-refractivity contribution in [2.24, 2.45) is 11.3 Å². The molecule has 8 heteroatoms. The van der Waals surface area contributed by atoms with Crippen LogP contribution in [0.25, 0.3) is 0 Å². The molecule has 4 rings (SSSR count). The zero-order valence-corrected chi connectivity index (χ0v) is 20.6. The van der Waals surface area contributed by atoms with Crippen LogP contribution in [0.3, 0.4) is 0 Å². The highest BCUT2D eigenvalue weighted by Gasteiger charge is 2.39. The molecule has 2 aliphatic rings. The van der Waals surface area contributed by atoms with Crippen LogP contribution < -0.4 is 10.1 Å². The fourth-order valence-corrected chi connectivity index (χ4v) is 4.98. The maximum absolute atomic E-state index is 13.0. The van der Waals surface area contributed by atoms with Crippen LogP contribution in [-0.4, -0.2) is 55.1 Å². The van der Waals surface area contributed by atoms with Gasteiger partial charge in [-0.1, -0.05) is 13.8 Å². The Morgan fingerprint density at radius 1 is 1.32 bits per heavy atom. The van der Waals surface area contributed by atoms with Gasteiger partial charge in [-0.05, 0) is 61.8 Å². The van der Waals surface area contributed by atoms with E-state index in [-0.39, 0.29) is 29.8 Å². The van der Waals surface area contributed by atoms with Gasteiger partial charge < -0.3 is 19.5 Å². The van der Waals surface area contributed by atoms with E-state index in [4.69, 9.17) is 19.3 Å². The van der Waals surface area contributed by atoms with Crippen LogP contribution in [0.15, 0.2) is 18.2 Å². The molecule has 0 bridgehead atoms. The van der Waals surface area contributed by atoms with Crippen molar-refractivity contribution in [3.8, 4) is 5.75 Å². The quantitative estimate of drug-likeness (QED) is 0.626. The van der Waals surface area contributed by atoms with Crippen LogP contribution in [0.1, 0.15) is 64.4 Å². The predicted octanol–water partition coefficient (Wildman–Crippen LogP) is 3.34. The number of ether oxygens (including phenoxy) is 3. The highest BCUT2D eigenvalue weighted by Crippen LogP contribution is 2.37. The minimum Gasteiger partial charge on any atom is -0.496 e. The van der Waals surface area contributed by atoms with Crippen molar-refractivity contribution in [3.05, 3.63) is 46.3 Å². The number of nitrogens with one attached hydrogen (secondary N) is 1. The standard InChI is InChI=1S/C26H35N3O5/c1-5-20-23-21(13-26(16-27-24(23)30)8-10-33-11-9-26)29(28-20)14-17(2)15-34-25(31)19-6-7-22(32-4)18(3)12-19/h6-7,12,17H,5,8-11,13-16H2,1-4H3,(H,27,30). The van der Waals surface area contributed by atoms with Crippen molar-refractivity contribution in [2.45, 2.75) is 53.0 Å². The van der Waals surface area contributed by atoms with E-state index in [9.17, 15) is 9.59 Å². The lowest BCUT2D eigenvalue weighted by Gasteiger charge is -2.36. The van der Waals surface area contributed by atoms with Gasteiger partial charge in [0.25, 0.3) is 5.91 Å². The number of carbonyl (C=O) groups is 2. The average Bonchev–Trinajstić information content (AvgIpc) is 3.10. The smallest absolute Gasteiger partial charge is 0.338 e. The van der Waals surface area contributed by atoms with Gasteiger partial charge in [0, 0.05) is 32.2 Å². The van der Waals surface area contributed by atoms with Crippen LogP contribution in [0.2, 0.25) is 0 Å². The second-order valence-corrected chi connectivity index (χ2v) is 9.66. The molecule has 0 aliphatic carbocycles. The van der Waals surface area contributed by atoms with E-state index >= 15 is 0 Å². The summed E-state index contributed by atoms with van der Waals surface area (Å²) in [5.41, 5.74) is 3.95. The Balaban J connectivity index is 1.48. The topological polar surface area (TPSA) is 91.7 Å². The van der Waals surface area contributed by atoms with E-state index in [0.29, 0.717) is 25.1 Å². The normalized spacial score (nSPS) is 18.1. The number of benzene rings is 1. The number of fused-ring (bicyclic) bond motifs is 1. The number of aryl methyl sites for hydroxylation is 2. The monoisotopic (exact) mass is 469 g/mol. The number of esters is 1. The lowest BCUT2D eigenvalue weighted by Crippen LogP contribution is -2.41. The molecule has 1 spiro atoms. The molecule has 1 N–H and O–H groups in total. The van der Waals surface area contributed by atoms with Gasteiger partial charge in [-0.2, -0.15) is 5.10 Å². The first kappa shape index (κ1) is 24.3. The molecule has 8 nitrogen and oxygen atoms in total. The third-order valence-electron chi connectivity index (χ3n) is 7.03. The average molecular weight is 470 g/mol. The molecule has 184 valence electrons. The minimum absolute atomic E-state index is 0.00385. The van der Waals surface area contributed by atoms with Gasteiger partial charge in [0.2, 0.25) is 0 Å². The summed E-state index contributed by atoms with van der Waals surface area (Å²) in [6, 6.07) is 5.27. The third kappa shape index (κ3) is 4.97. The van der Waals surface area contributed by atoms with Gasteiger partial charge in [-0.25, -0.2) is 4.79 Å². The van der Waals surface area contributed by atoms with Crippen LogP contribution in [0.4, 0.5) is 0 Å². The third-order valence-corrected chi connectivity index (χ3v) is 7.03. The van der Waals surface area contributed by atoms with E-state index in [2.05, 4.69) is 5.32 Å². The molecule has 1 atom stereocenters. The molecule has 1 saturated heterocycles. The van der Waals surface area contributed by atoms with Gasteiger partial charge in [-0.15, -0.1) is 0 Å². The number of aromatic nitrogens is 2. The fourth-order valence-electron chi connectivity index (χ4n) is 4.98. The van der Waals surface area contributed by atoms with E-state index < -0.39 is 0 Å². The lowest BCUT2D eigenvalue weighted by molar-refractivity contribution is 0.0151. The number of nitrogens with zero attached hydrogens (tertiary/aromatic N) is 2. The summed E-state index contributed by atoms with van der Waals surface area (Å²) in [6.07, 6.45) is 3.34. The zero-order chi connectivity index (χ0) is 24.3. The molecule has 0 saturated carbocycles. The van der Waals surface area contributed by atoms with Gasteiger partial charge >= 0.3 is 5.97 Å². The Kier molecular flexibility index (Phi) is 7.26.